The van der Waals surface area contributed by atoms with E-state index in [2.05, 4.69) is 18.7 Å². The standard InChI is InChI=1S/C17H16O/c1-3-6-15-7-4-5-8-17(15)16-11-9-14(10-12-16)13(2)18/h3-5,7-12H,1,6H2,2H3. The summed E-state index contributed by atoms with van der Waals surface area (Å²) in [4.78, 5) is 11.2. The van der Waals surface area contributed by atoms with Gasteiger partial charge in [0.15, 0.2) is 5.78 Å². The molecule has 0 fully saturated rings. The van der Waals surface area contributed by atoms with Crippen LogP contribution >= 0.6 is 0 Å². The molecule has 0 spiro atoms. The molecular formula is C17H16O. The van der Waals surface area contributed by atoms with Crippen molar-refractivity contribution in [3.05, 3.63) is 72.3 Å². The van der Waals surface area contributed by atoms with Crippen LogP contribution in [0.5, 0.6) is 0 Å². The first-order valence-electron chi connectivity index (χ1n) is 6.02. The molecule has 0 unspecified atom stereocenters. The molecule has 0 aromatic heterocycles. The first kappa shape index (κ1) is 12.3. The van der Waals surface area contributed by atoms with Gasteiger partial charge in [0, 0.05) is 5.56 Å². The molecule has 2 aromatic carbocycles. The van der Waals surface area contributed by atoms with E-state index in [1.807, 2.05) is 42.5 Å². The van der Waals surface area contributed by atoms with Gasteiger partial charge in [-0.1, -0.05) is 54.6 Å². The van der Waals surface area contributed by atoms with Gasteiger partial charge >= 0.3 is 0 Å². The largest absolute Gasteiger partial charge is 0.295 e. The number of Topliss-reactive ketones (excluding diaryl/α,β-unsaturated/α-hetero) is 1. The summed E-state index contributed by atoms with van der Waals surface area (Å²) in [6, 6.07) is 16.0. The van der Waals surface area contributed by atoms with Gasteiger partial charge in [-0.25, -0.2) is 0 Å². The average Bonchev–Trinajstić information content (AvgIpc) is 2.40. The molecule has 1 nitrogen and oxygen atoms in total. The summed E-state index contributed by atoms with van der Waals surface area (Å²) in [6.07, 6.45) is 2.76. The zero-order chi connectivity index (χ0) is 13.0. The van der Waals surface area contributed by atoms with E-state index in [0.29, 0.717) is 0 Å². The number of carbonyl (C=O) groups is 1. The summed E-state index contributed by atoms with van der Waals surface area (Å²) in [5, 5.41) is 0. The Kier molecular flexibility index (Phi) is 3.73. The molecule has 0 saturated carbocycles. The zero-order valence-electron chi connectivity index (χ0n) is 10.5. The Morgan fingerprint density at radius 3 is 2.39 bits per heavy atom. The minimum absolute atomic E-state index is 0.0981. The van der Waals surface area contributed by atoms with E-state index in [9.17, 15) is 4.79 Å². The average molecular weight is 236 g/mol. The molecule has 2 aromatic rings. The molecule has 0 aliphatic heterocycles. The number of ketones is 1. The summed E-state index contributed by atoms with van der Waals surface area (Å²) in [5.74, 6) is 0.0981. The van der Waals surface area contributed by atoms with Crippen LogP contribution in [0.1, 0.15) is 22.8 Å². The molecule has 0 heterocycles. The van der Waals surface area contributed by atoms with Crippen LogP contribution in [0, 0.1) is 0 Å². The van der Waals surface area contributed by atoms with Crippen molar-refractivity contribution in [3.8, 4) is 11.1 Å². The molecule has 0 saturated heterocycles. The van der Waals surface area contributed by atoms with Crippen LogP contribution in [0.4, 0.5) is 0 Å². The summed E-state index contributed by atoms with van der Waals surface area (Å²) < 4.78 is 0. The monoisotopic (exact) mass is 236 g/mol. The van der Waals surface area contributed by atoms with E-state index in [4.69, 9.17) is 0 Å². The van der Waals surface area contributed by atoms with Crippen LogP contribution in [-0.4, -0.2) is 5.78 Å². The molecule has 0 amide bonds. The van der Waals surface area contributed by atoms with E-state index in [0.717, 1.165) is 17.5 Å². The fourth-order valence-electron chi connectivity index (χ4n) is 2.02. The molecule has 0 N–H and O–H groups in total. The molecule has 0 atom stereocenters. The van der Waals surface area contributed by atoms with Crippen LogP contribution in [0.15, 0.2) is 61.2 Å². The van der Waals surface area contributed by atoms with Gasteiger partial charge in [-0.3, -0.25) is 4.79 Å². The Balaban J connectivity index is 2.42. The molecule has 0 radical (unpaired) electrons. The molecule has 0 bridgehead atoms. The predicted molar refractivity (Wildman–Crippen MR) is 75.8 cm³/mol. The molecule has 0 aliphatic rings. The SMILES string of the molecule is C=CCc1ccccc1-c1ccc(C(C)=O)cc1. The summed E-state index contributed by atoms with van der Waals surface area (Å²) in [5.41, 5.74) is 4.34. The van der Waals surface area contributed by atoms with Crippen molar-refractivity contribution in [2.24, 2.45) is 0 Å². The normalized spacial score (nSPS) is 10.1. The summed E-state index contributed by atoms with van der Waals surface area (Å²) in [6.45, 7) is 5.37. The number of hydrogen-bond donors (Lipinski definition) is 0. The highest BCUT2D eigenvalue weighted by Crippen LogP contribution is 2.24. The van der Waals surface area contributed by atoms with E-state index in [-0.39, 0.29) is 5.78 Å². The second kappa shape index (κ2) is 5.46. The van der Waals surface area contributed by atoms with Crippen molar-refractivity contribution < 1.29 is 4.79 Å². The summed E-state index contributed by atoms with van der Waals surface area (Å²) >= 11 is 0. The van der Waals surface area contributed by atoms with Gasteiger partial charge in [0.1, 0.15) is 0 Å². The van der Waals surface area contributed by atoms with Crippen LogP contribution in [0.3, 0.4) is 0 Å². The maximum atomic E-state index is 11.2. The van der Waals surface area contributed by atoms with Crippen molar-refractivity contribution in [1.29, 1.82) is 0 Å². The molecule has 18 heavy (non-hydrogen) atoms. The molecular weight excluding hydrogens is 220 g/mol. The number of hydrogen-bond acceptors (Lipinski definition) is 1. The smallest absolute Gasteiger partial charge is 0.159 e. The van der Waals surface area contributed by atoms with Gasteiger partial charge < -0.3 is 0 Å². The maximum Gasteiger partial charge on any atom is 0.159 e. The topological polar surface area (TPSA) is 17.1 Å². The van der Waals surface area contributed by atoms with E-state index >= 15 is 0 Å². The van der Waals surface area contributed by atoms with Gasteiger partial charge in [0.2, 0.25) is 0 Å². The Morgan fingerprint density at radius 1 is 1.11 bits per heavy atom. The van der Waals surface area contributed by atoms with Crippen LogP contribution < -0.4 is 0 Å². The Morgan fingerprint density at radius 2 is 1.78 bits per heavy atom. The molecule has 2 rings (SSSR count). The molecule has 90 valence electrons. The lowest BCUT2D eigenvalue weighted by atomic mass is 9.96. The van der Waals surface area contributed by atoms with Gasteiger partial charge in [0.25, 0.3) is 0 Å². The first-order valence-corrected chi connectivity index (χ1v) is 6.02. The highest BCUT2D eigenvalue weighted by molar-refractivity contribution is 5.94. The van der Waals surface area contributed by atoms with Gasteiger partial charge in [-0.2, -0.15) is 0 Å². The van der Waals surface area contributed by atoms with Crippen LogP contribution in [-0.2, 0) is 6.42 Å². The second-order valence-corrected chi connectivity index (χ2v) is 4.28. The Hall–Kier alpha value is -2.15. The number of allylic oxidation sites excluding steroid dienone is 1. The van der Waals surface area contributed by atoms with Gasteiger partial charge in [0.05, 0.1) is 0 Å². The fraction of sp³-hybridized carbons (Fsp3) is 0.118. The highest BCUT2D eigenvalue weighted by atomic mass is 16.1. The predicted octanol–water partition coefficient (Wildman–Crippen LogP) is 4.28. The quantitative estimate of drug-likeness (QED) is 0.572. The van der Waals surface area contributed by atoms with Gasteiger partial charge in [-0.05, 0) is 30.0 Å². The zero-order valence-corrected chi connectivity index (χ0v) is 10.5. The highest BCUT2D eigenvalue weighted by Gasteiger charge is 2.04. The molecule has 1 heteroatoms. The van der Waals surface area contributed by atoms with Crippen LogP contribution in [0.2, 0.25) is 0 Å². The number of rotatable bonds is 4. The summed E-state index contributed by atoms with van der Waals surface area (Å²) in [7, 11) is 0. The minimum atomic E-state index is 0.0981. The maximum absolute atomic E-state index is 11.2. The lowest BCUT2D eigenvalue weighted by Gasteiger charge is -2.08. The van der Waals surface area contributed by atoms with Crippen LogP contribution in [0.25, 0.3) is 11.1 Å². The van der Waals surface area contributed by atoms with Crippen molar-refractivity contribution in [3.63, 3.8) is 0 Å². The van der Waals surface area contributed by atoms with Crippen molar-refractivity contribution in [2.75, 3.05) is 0 Å². The second-order valence-electron chi connectivity index (χ2n) is 4.28. The van der Waals surface area contributed by atoms with E-state index in [1.54, 1.807) is 6.92 Å². The lowest BCUT2D eigenvalue weighted by molar-refractivity contribution is 0.101. The Bertz CT molecular complexity index is 564. The first-order chi connectivity index (χ1) is 8.72. The van der Waals surface area contributed by atoms with Crippen molar-refractivity contribution in [1.82, 2.24) is 0 Å². The van der Waals surface area contributed by atoms with Gasteiger partial charge in [-0.15, -0.1) is 6.58 Å². The third kappa shape index (κ3) is 2.57. The lowest BCUT2D eigenvalue weighted by Crippen LogP contribution is -1.92. The van der Waals surface area contributed by atoms with E-state index in [1.165, 1.54) is 11.1 Å². The fourth-order valence-corrected chi connectivity index (χ4v) is 2.02. The number of benzene rings is 2. The van der Waals surface area contributed by atoms with Crippen molar-refractivity contribution >= 4 is 5.78 Å². The third-order valence-corrected chi connectivity index (χ3v) is 2.98. The van der Waals surface area contributed by atoms with E-state index < -0.39 is 0 Å². The minimum Gasteiger partial charge on any atom is -0.295 e. The number of carbonyl (C=O) groups excluding carboxylic acids is 1. The third-order valence-electron chi connectivity index (χ3n) is 2.98. The molecule has 0 aliphatic carbocycles. The van der Waals surface area contributed by atoms with Crippen molar-refractivity contribution in [2.45, 2.75) is 13.3 Å². The Labute approximate surface area is 108 Å².